The van der Waals surface area contributed by atoms with Gasteiger partial charge in [0.25, 0.3) is 11.8 Å². The molecule has 2 aliphatic carbocycles. The molecule has 2 aromatic rings. The molecule has 4 rings (SSSR count). The molecule has 2 fully saturated rings. The van der Waals surface area contributed by atoms with Gasteiger partial charge in [0.1, 0.15) is 6.04 Å². The molecule has 0 saturated heterocycles. The zero-order valence-electron chi connectivity index (χ0n) is 18.9. The predicted octanol–water partition coefficient (Wildman–Crippen LogP) is 1.63. The maximum Gasteiger partial charge on any atom is 0.267 e. The zero-order chi connectivity index (χ0) is 24.1. The molecule has 7 N–H and O–H groups in total. The fourth-order valence-corrected chi connectivity index (χ4v) is 5.03. The number of hydroxylamine groups is 1. The van der Waals surface area contributed by atoms with E-state index in [1.807, 2.05) is 24.3 Å². The first-order valence-electron chi connectivity index (χ1n) is 11.7. The van der Waals surface area contributed by atoms with Crippen LogP contribution in [0, 0.1) is 11.8 Å². The van der Waals surface area contributed by atoms with Gasteiger partial charge in [0.15, 0.2) is 0 Å². The van der Waals surface area contributed by atoms with E-state index >= 15 is 0 Å². The molecular weight excluding hydrogens is 434 g/mol. The van der Waals surface area contributed by atoms with Crippen molar-refractivity contribution >= 4 is 23.4 Å². The zero-order valence-corrected chi connectivity index (χ0v) is 18.9. The number of fused-ring (bicyclic) bond motifs is 2. The second-order valence-electron chi connectivity index (χ2n) is 9.10. The fraction of sp³-hybridized carbons (Fsp3) is 0.400. The molecule has 2 unspecified atom stereocenters. The third-order valence-electron chi connectivity index (χ3n) is 6.88. The molecule has 9 heteroatoms. The Bertz CT molecular complexity index is 1020. The van der Waals surface area contributed by atoms with Crippen molar-refractivity contribution in [3.63, 3.8) is 0 Å². The van der Waals surface area contributed by atoms with Crippen molar-refractivity contribution in [2.45, 2.75) is 37.8 Å². The van der Waals surface area contributed by atoms with Crippen LogP contribution in [0.4, 0.5) is 5.69 Å². The van der Waals surface area contributed by atoms with E-state index in [2.05, 4.69) is 16.0 Å². The summed E-state index contributed by atoms with van der Waals surface area (Å²) in [6.45, 7) is 0.181. The van der Waals surface area contributed by atoms with Crippen molar-refractivity contribution in [2.24, 2.45) is 17.6 Å². The van der Waals surface area contributed by atoms with Gasteiger partial charge in [-0.15, -0.1) is 0 Å². The van der Waals surface area contributed by atoms with E-state index in [0.29, 0.717) is 18.2 Å². The fourth-order valence-electron chi connectivity index (χ4n) is 5.03. The number of amides is 3. The summed E-state index contributed by atoms with van der Waals surface area (Å²) in [4.78, 5) is 36.1. The molecule has 34 heavy (non-hydrogen) atoms. The van der Waals surface area contributed by atoms with E-state index in [4.69, 9.17) is 10.9 Å². The van der Waals surface area contributed by atoms with Crippen LogP contribution in [0.25, 0.3) is 11.1 Å². The standard InChI is InChI=1S/C25H31N5O4/c26-13-22(25(33)30-34)29-24(32)18-5-3-16(4-6-18)17-7-9-20(10-8-17)28-23(31)14-27-21-12-15-1-2-19(21)11-15/h3-10,15,19,21-22,27,34H,1-2,11-14,26H2,(H,28,31)(H,29,32)(H,30,33)/t15-,19?,21?,22+/m1/s1. The Morgan fingerprint density at radius 2 is 1.65 bits per heavy atom. The summed E-state index contributed by atoms with van der Waals surface area (Å²) in [5, 5.41) is 17.5. The summed E-state index contributed by atoms with van der Waals surface area (Å²) in [5.41, 5.74) is 9.87. The molecule has 2 aromatic carbocycles. The summed E-state index contributed by atoms with van der Waals surface area (Å²) in [7, 11) is 0. The lowest BCUT2D eigenvalue weighted by atomic mass is 9.95. The van der Waals surface area contributed by atoms with E-state index in [1.165, 1.54) is 31.2 Å². The maximum atomic E-state index is 12.3. The number of hydrogen-bond acceptors (Lipinski definition) is 6. The lowest BCUT2D eigenvalue weighted by molar-refractivity contribution is -0.130. The number of nitrogens with two attached hydrogens (primary N) is 1. The summed E-state index contributed by atoms with van der Waals surface area (Å²) in [6.07, 6.45) is 5.13. The molecule has 0 aliphatic heterocycles. The van der Waals surface area contributed by atoms with E-state index in [-0.39, 0.29) is 12.5 Å². The number of benzene rings is 2. The number of rotatable bonds is 9. The Labute approximate surface area is 198 Å². The average Bonchev–Trinajstić information content (AvgIpc) is 3.50. The normalized spacial score (nSPS) is 21.6. The van der Waals surface area contributed by atoms with Crippen LogP contribution >= 0.6 is 0 Å². The first-order valence-corrected chi connectivity index (χ1v) is 11.7. The first-order chi connectivity index (χ1) is 16.5. The van der Waals surface area contributed by atoms with Crippen molar-refractivity contribution in [1.29, 1.82) is 0 Å². The van der Waals surface area contributed by atoms with Gasteiger partial charge in [-0.3, -0.25) is 19.6 Å². The molecule has 2 aliphatic rings. The Morgan fingerprint density at radius 1 is 0.971 bits per heavy atom. The minimum absolute atomic E-state index is 0.0449. The van der Waals surface area contributed by atoms with Crippen molar-refractivity contribution in [3.8, 4) is 11.1 Å². The average molecular weight is 466 g/mol. The molecule has 180 valence electrons. The van der Waals surface area contributed by atoms with E-state index in [9.17, 15) is 14.4 Å². The number of nitrogens with one attached hydrogen (secondary N) is 4. The van der Waals surface area contributed by atoms with Gasteiger partial charge in [0, 0.05) is 23.8 Å². The van der Waals surface area contributed by atoms with Crippen LogP contribution in [0.5, 0.6) is 0 Å². The quantitative estimate of drug-likeness (QED) is 0.245. The molecule has 2 bridgehead atoms. The smallest absolute Gasteiger partial charge is 0.267 e. The molecule has 4 atom stereocenters. The van der Waals surface area contributed by atoms with Crippen LogP contribution in [-0.2, 0) is 9.59 Å². The Hall–Kier alpha value is -3.27. The molecule has 2 saturated carbocycles. The summed E-state index contributed by atoms with van der Waals surface area (Å²) < 4.78 is 0. The lowest BCUT2D eigenvalue weighted by Crippen LogP contribution is -2.50. The SMILES string of the molecule is NC[C@H](NC(=O)c1ccc(-c2ccc(NC(=O)CNC3C[C@@H]4CCC3C4)cc2)cc1)C(=O)NO. The lowest BCUT2D eigenvalue weighted by Gasteiger charge is -2.22. The largest absolute Gasteiger partial charge is 0.339 e. The summed E-state index contributed by atoms with van der Waals surface area (Å²) in [5.74, 6) is 0.286. The Balaban J connectivity index is 1.28. The number of carbonyl (C=O) groups is 3. The van der Waals surface area contributed by atoms with Crippen molar-refractivity contribution < 1.29 is 19.6 Å². The van der Waals surface area contributed by atoms with Crippen LogP contribution in [0.3, 0.4) is 0 Å². The minimum atomic E-state index is -1.02. The topological polar surface area (TPSA) is 146 Å². The minimum Gasteiger partial charge on any atom is -0.339 e. The van der Waals surface area contributed by atoms with Gasteiger partial charge < -0.3 is 21.7 Å². The summed E-state index contributed by atoms with van der Waals surface area (Å²) in [6, 6.07) is 13.9. The molecule has 0 aromatic heterocycles. The predicted molar refractivity (Wildman–Crippen MR) is 128 cm³/mol. The third kappa shape index (κ3) is 5.61. The Morgan fingerprint density at radius 3 is 2.21 bits per heavy atom. The van der Waals surface area contributed by atoms with Crippen LogP contribution in [0.15, 0.2) is 48.5 Å². The maximum absolute atomic E-state index is 12.3. The van der Waals surface area contributed by atoms with E-state index in [1.54, 1.807) is 24.3 Å². The van der Waals surface area contributed by atoms with Gasteiger partial charge in [-0.1, -0.05) is 30.7 Å². The summed E-state index contributed by atoms with van der Waals surface area (Å²) >= 11 is 0. The van der Waals surface area contributed by atoms with Gasteiger partial charge in [-0.2, -0.15) is 0 Å². The highest BCUT2D eigenvalue weighted by Crippen LogP contribution is 2.44. The molecule has 3 amide bonds. The van der Waals surface area contributed by atoms with Gasteiger partial charge in [0.2, 0.25) is 5.91 Å². The number of anilines is 1. The number of hydrogen-bond donors (Lipinski definition) is 6. The molecule has 0 radical (unpaired) electrons. The van der Waals surface area contributed by atoms with Crippen LogP contribution in [-0.4, -0.2) is 48.1 Å². The highest BCUT2D eigenvalue weighted by Gasteiger charge is 2.39. The second kappa shape index (κ2) is 10.8. The molecular formula is C25H31N5O4. The highest BCUT2D eigenvalue weighted by molar-refractivity contribution is 5.98. The van der Waals surface area contributed by atoms with Gasteiger partial charge in [0.05, 0.1) is 6.54 Å². The highest BCUT2D eigenvalue weighted by atomic mass is 16.5. The first kappa shape index (κ1) is 23.9. The van der Waals surface area contributed by atoms with E-state index in [0.717, 1.165) is 28.7 Å². The van der Waals surface area contributed by atoms with Gasteiger partial charge >= 0.3 is 0 Å². The van der Waals surface area contributed by atoms with Crippen LogP contribution in [0.2, 0.25) is 0 Å². The van der Waals surface area contributed by atoms with Gasteiger partial charge in [-0.25, -0.2) is 5.48 Å². The molecule has 9 nitrogen and oxygen atoms in total. The Kier molecular flexibility index (Phi) is 7.56. The van der Waals surface area contributed by atoms with Crippen molar-refractivity contribution in [1.82, 2.24) is 16.1 Å². The van der Waals surface area contributed by atoms with Crippen LogP contribution in [0.1, 0.15) is 36.0 Å². The van der Waals surface area contributed by atoms with E-state index < -0.39 is 17.9 Å². The molecule has 0 spiro atoms. The van der Waals surface area contributed by atoms with Crippen molar-refractivity contribution in [2.75, 3.05) is 18.4 Å². The van der Waals surface area contributed by atoms with Crippen LogP contribution < -0.4 is 27.2 Å². The van der Waals surface area contributed by atoms with Gasteiger partial charge in [-0.05, 0) is 66.5 Å². The third-order valence-corrected chi connectivity index (χ3v) is 6.88. The second-order valence-corrected chi connectivity index (χ2v) is 9.10. The monoisotopic (exact) mass is 465 g/mol. The molecule has 0 heterocycles. The number of carbonyl (C=O) groups excluding carboxylic acids is 3. The van der Waals surface area contributed by atoms with Crippen molar-refractivity contribution in [3.05, 3.63) is 54.1 Å².